The molecule has 0 aliphatic heterocycles. The average Bonchev–Trinajstić information content (AvgIpc) is 2.70. The fraction of sp³-hybridized carbons (Fsp3) is 0.136. The highest BCUT2D eigenvalue weighted by Crippen LogP contribution is 2.24. The number of fused-ring (bicyclic) bond motifs is 1. The second kappa shape index (κ2) is 9.14. The van der Waals surface area contributed by atoms with Crippen molar-refractivity contribution >= 4 is 16.8 Å². The standard InChI is InChI=1S/C22H20N2O2/c25-22(24-17-18-9-2-1-3-10-18)23-15-6-7-16-26-21-14-8-12-19-11-4-5-13-20(19)21/h1-5,8-14H,15-17H2,(H2,23,24,25). The van der Waals surface area contributed by atoms with Gasteiger partial charge < -0.3 is 15.4 Å². The van der Waals surface area contributed by atoms with Crippen LogP contribution in [0.25, 0.3) is 10.8 Å². The predicted molar refractivity (Wildman–Crippen MR) is 104 cm³/mol. The summed E-state index contributed by atoms with van der Waals surface area (Å²) in [6, 6.07) is 23.5. The van der Waals surface area contributed by atoms with Crippen LogP contribution >= 0.6 is 0 Å². The predicted octanol–water partition coefficient (Wildman–Crippen LogP) is 3.72. The highest BCUT2D eigenvalue weighted by molar-refractivity contribution is 5.88. The molecule has 0 radical (unpaired) electrons. The third kappa shape index (κ3) is 5.02. The molecule has 0 saturated carbocycles. The molecule has 3 aromatic carbocycles. The molecule has 0 aliphatic rings. The van der Waals surface area contributed by atoms with Gasteiger partial charge in [0.1, 0.15) is 12.4 Å². The van der Waals surface area contributed by atoms with Crippen molar-refractivity contribution in [2.24, 2.45) is 0 Å². The molecule has 2 N–H and O–H groups in total. The normalized spacial score (nSPS) is 9.85. The van der Waals surface area contributed by atoms with Gasteiger partial charge >= 0.3 is 6.03 Å². The molecule has 0 saturated heterocycles. The van der Waals surface area contributed by atoms with E-state index in [0.29, 0.717) is 6.54 Å². The Bertz CT molecular complexity index is 922. The number of carbonyl (C=O) groups is 1. The topological polar surface area (TPSA) is 50.4 Å². The van der Waals surface area contributed by atoms with Gasteiger partial charge in [0.2, 0.25) is 0 Å². The van der Waals surface area contributed by atoms with Crippen LogP contribution in [0.1, 0.15) is 5.56 Å². The third-order valence-electron chi connectivity index (χ3n) is 3.81. The lowest BCUT2D eigenvalue weighted by atomic mass is 10.1. The summed E-state index contributed by atoms with van der Waals surface area (Å²) in [6.07, 6.45) is 0. The van der Waals surface area contributed by atoms with Gasteiger partial charge in [-0.15, -0.1) is 0 Å². The number of amides is 2. The lowest BCUT2D eigenvalue weighted by Gasteiger charge is -2.06. The highest BCUT2D eigenvalue weighted by Gasteiger charge is 2.00. The molecule has 0 bridgehead atoms. The summed E-state index contributed by atoms with van der Waals surface area (Å²) in [5, 5.41) is 7.69. The molecule has 0 spiro atoms. The van der Waals surface area contributed by atoms with Crippen LogP contribution in [0.5, 0.6) is 5.75 Å². The van der Waals surface area contributed by atoms with Crippen molar-refractivity contribution in [3.63, 3.8) is 0 Å². The molecule has 26 heavy (non-hydrogen) atoms. The summed E-state index contributed by atoms with van der Waals surface area (Å²) >= 11 is 0. The van der Waals surface area contributed by atoms with Crippen LogP contribution in [0, 0.1) is 11.8 Å². The van der Waals surface area contributed by atoms with Gasteiger partial charge in [-0.05, 0) is 17.0 Å². The van der Waals surface area contributed by atoms with E-state index in [2.05, 4.69) is 22.5 Å². The minimum atomic E-state index is -0.238. The first-order chi connectivity index (χ1) is 12.8. The monoisotopic (exact) mass is 344 g/mol. The van der Waals surface area contributed by atoms with Crippen molar-refractivity contribution in [2.45, 2.75) is 6.54 Å². The Morgan fingerprint density at radius 2 is 1.62 bits per heavy atom. The first kappa shape index (κ1) is 17.4. The molecule has 3 aromatic rings. The van der Waals surface area contributed by atoms with E-state index in [-0.39, 0.29) is 19.2 Å². The Morgan fingerprint density at radius 3 is 2.50 bits per heavy atom. The Balaban J connectivity index is 1.39. The number of nitrogens with one attached hydrogen (secondary N) is 2. The van der Waals surface area contributed by atoms with Crippen LogP contribution in [0.3, 0.4) is 0 Å². The summed E-state index contributed by atoms with van der Waals surface area (Å²) in [6.45, 7) is 1.05. The van der Waals surface area contributed by atoms with Crippen molar-refractivity contribution in [3.8, 4) is 17.6 Å². The van der Waals surface area contributed by atoms with E-state index in [1.54, 1.807) is 0 Å². The van der Waals surface area contributed by atoms with Gasteiger partial charge in [-0.3, -0.25) is 0 Å². The van der Waals surface area contributed by atoms with Crippen molar-refractivity contribution in [1.29, 1.82) is 0 Å². The van der Waals surface area contributed by atoms with Crippen LogP contribution in [0.2, 0.25) is 0 Å². The van der Waals surface area contributed by atoms with E-state index in [1.807, 2.05) is 72.8 Å². The summed E-state index contributed by atoms with van der Waals surface area (Å²) in [4.78, 5) is 11.7. The summed E-state index contributed by atoms with van der Waals surface area (Å²) in [7, 11) is 0. The maximum atomic E-state index is 11.7. The van der Waals surface area contributed by atoms with Crippen LogP contribution in [0.15, 0.2) is 72.8 Å². The molecule has 0 heterocycles. The van der Waals surface area contributed by atoms with Gasteiger partial charge in [-0.25, -0.2) is 4.79 Å². The second-order valence-electron chi connectivity index (χ2n) is 5.64. The minimum absolute atomic E-state index is 0.238. The largest absolute Gasteiger partial charge is 0.480 e. The van der Waals surface area contributed by atoms with Crippen molar-refractivity contribution < 1.29 is 9.53 Å². The first-order valence-corrected chi connectivity index (χ1v) is 8.45. The number of rotatable bonds is 5. The fourth-order valence-corrected chi connectivity index (χ4v) is 2.51. The van der Waals surface area contributed by atoms with E-state index in [0.717, 1.165) is 22.1 Å². The quantitative estimate of drug-likeness (QED) is 0.693. The van der Waals surface area contributed by atoms with Crippen LogP contribution < -0.4 is 15.4 Å². The Hall–Kier alpha value is -3.45. The molecule has 4 heteroatoms. The van der Waals surface area contributed by atoms with Gasteiger partial charge in [0.05, 0.1) is 6.54 Å². The molecule has 130 valence electrons. The van der Waals surface area contributed by atoms with Gasteiger partial charge in [-0.2, -0.15) is 0 Å². The van der Waals surface area contributed by atoms with E-state index in [9.17, 15) is 4.79 Å². The number of hydrogen-bond donors (Lipinski definition) is 2. The maximum absolute atomic E-state index is 11.7. The maximum Gasteiger partial charge on any atom is 0.315 e. The molecule has 2 amide bonds. The number of carbonyl (C=O) groups excluding carboxylic acids is 1. The Kier molecular flexibility index (Phi) is 6.11. The van der Waals surface area contributed by atoms with E-state index < -0.39 is 0 Å². The zero-order valence-corrected chi connectivity index (χ0v) is 14.4. The molecular weight excluding hydrogens is 324 g/mol. The van der Waals surface area contributed by atoms with E-state index in [4.69, 9.17) is 4.74 Å². The van der Waals surface area contributed by atoms with E-state index in [1.165, 1.54) is 0 Å². The molecule has 0 aromatic heterocycles. The first-order valence-electron chi connectivity index (χ1n) is 8.45. The van der Waals surface area contributed by atoms with Crippen molar-refractivity contribution in [2.75, 3.05) is 13.2 Å². The summed E-state index contributed by atoms with van der Waals surface area (Å²) in [5.74, 6) is 6.61. The third-order valence-corrected chi connectivity index (χ3v) is 3.81. The Labute approximate surface area is 153 Å². The fourth-order valence-electron chi connectivity index (χ4n) is 2.51. The number of benzene rings is 3. The molecule has 0 fully saturated rings. The van der Waals surface area contributed by atoms with Crippen molar-refractivity contribution in [3.05, 3.63) is 78.4 Å². The second-order valence-corrected chi connectivity index (χ2v) is 5.64. The number of urea groups is 1. The molecule has 0 unspecified atom stereocenters. The number of hydrogen-bond acceptors (Lipinski definition) is 2. The SMILES string of the molecule is O=C(NCC#CCOc1cccc2ccccc12)NCc1ccccc1. The highest BCUT2D eigenvalue weighted by atomic mass is 16.5. The summed E-state index contributed by atoms with van der Waals surface area (Å²) < 4.78 is 5.73. The van der Waals surface area contributed by atoms with Crippen molar-refractivity contribution in [1.82, 2.24) is 10.6 Å². The minimum Gasteiger partial charge on any atom is -0.480 e. The molecule has 3 rings (SSSR count). The van der Waals surface area contributed by atoms with Gasteiger partial charge in [0, 0.05) is 11.9 Å². The average molecular weight is 344 g/mol. The zero-order valence-electron chi connectivity index (χ0n) is 14.4. The molecule has 4 nitrogen and oxygen atoms in total. The van der Waals surface area contributed by atoms with Gasteiger partial charge in [0.25, 0.3) is 0 Å². The molecule has 0 atom stereocenters. The molecule has 0 aliphatic carbocycles. The Morgan fingerprint density at radius 1 is 0.846 bits per heavy atom. The lowest BCUT2D eigenvalue weighted by molar-refractivity contribution is 0.241. The van der Waals surface area contributed by atoms with Crippen LogP contribution in [-0.4, -0.2) is 19.2 Å². The van der Waals surface area contributed by atoms with E-state index >= 15 is 0 Å². The summed E-state index contributed by atoms with van der Waals surface area (Å²) in [5.41, 5.74) is 1.05. The van der Waals surface area contributed by atoms with Gasteiger partial charge in [0.15, 0.2) is 0 Å². The lowest BCUT2D eigenvalue weighted by Crippen LogP contribution is -2.35. The van der Waals surface area contributed by atoms with Crippen LogP contribution in [0.4, 0.5) is 4.79 Å². The van der Waals surface area contributed by atoms with Gasteiger partial charge in [-0.1, -0.05) is 78.6 Å². The molecular formula is C22H20N2O2. The smallest absolute Gasteiger partial charge is 0.315 e. The van der Waals surface area contributed by atoms with Crippen LogP contribution in [-0.2, 0) is 6.54 Å². The number of ether oxygens (including phenoxy) is 1. The zero-order chi connectivity index (χ0) is 18.0.